The molecular weight excluding hydrogens is 182 g/mol. The molecule has 0 atom stereocenters. The molecule has 1 amide bonds. The van der Waals surface area contributed by atoms with Gasteiger partial charge in [0.25, 0.3) is 0 Å². The van der Waals surface area contributed by atoms with E-state index in [1.165, 1.54) is 0 Å². The SMILES string of the molecule is NC(=NOCc1ccccc1)NC=O. The maximum absolute atomic E-state index is 9.92. The van der Waals surface area contributed by atoms with Gasteiger partial charge in [-0.05, 0) is 10.7 Å². The summed E-state index contributed by atoms with van der Waals surface area (Å²) >= 11 is 0. The number of hydrogen-bond donors (Lipinski definition) is 2. The van der Waals surface area contributed by atoms with Gasteiger partial charge in [-0.3, -0.25) is 10.1 Å². The fraction of sp³-hybridized carbons (Fsp3) is 0.111. The molecule has 0 aromatic heterocycles. The lowest BCUT2D eigenvalue weighted by Gasteiger charge is -2.00. The van der Waals surface area contributed by atoms with Gasteiger partial charge in [0.2, 0.25) is 12.4 Å². The maximum atomic E-state index is 9.92. The normalized spacial score (nSPS) is 10.7. The molecule has 0 aliphatic heterocycles. The van der Waals surface area contributed by atoms with Crippen LogP contribution in [0.5, 0.6) is 0 Å². The summed E-state index contributed by atoms with van der Waals surface area (Å²) in [5.41, 5.74) is 6.21. The van der Waals surface area contributed by atoms with E-state index in [-0.39, 0.29) is 5.96 Å². The third kappa shape index (κ3) is 3.57. The Balaban J connectivity index is 2.35. The second-order valence-electron chi connectivity index (χ2n) is 2.50. The number of carbonyl (C=O) groups excluding carboxylic acids is 1. The maximum Gasteiger partial charge on any atom is 0.237 e. The fourth-order valence-corrected chi connectivity index (χ4v) is 0.837. The highest BCUT2D eigenvalue weighted by Gasteiger charge is 1.91. The molecule has 74 valence electrons. The van der Waals surface area contributed by atoms with Crippen LogP contribution in [0.2, 0.25) is 0 Å². The van der Waals surface area contributed by atoms with Gasteiger partial charge in [0.15, 0.2) is 0 Å². The fourth-order valence-electron chi connectivity index (χ4n) is 0.837. The van der Waals surface area contributed by atoms with Gasteiger partial charge in [0, 0.05) is 0 Å². The highest BCUT2D eigenvalue weighted by atomic mass is 16.6. The smallest absolute Gasteiger partial charge is 0.237 e. The van der Waals surface area contributed by atoms with Crippen molar-refractivity contribution in [3.63, 3.8) is 0 Å². The molecule has 0 fully saturated rings. The minimum atomic E-state index is -0.0593. The predicted octanol–water partition coefficient (Wildman–Crippen LogP) is 0.179. The molecule has 5 heteroatoms. The van der Waals surface area contributed by atoms with Crippen LogP contribution in [0.15, 0.2) is 35.5 Å². The van der Waals surface area contributed by atoms with Gasteiger partial charge in [-0.15, -0.1) is 0 Å². The van der Waals surface area contributed by atoms with E-state index in [1.807, 2.05) is 30.3 Å². The van der Waals surface area contributed by atoms with Gasteiger partial charge in [0.05, 0.1) is 0 Å². The van der Waals surface area contributed by atoms with Crippen LogP contribution in [-0.4, -0.2) is 12.4 Å². The van der Waals surface area contributed by atoms with Crippen molar-refractivity contribution in [2.45, 2.75) is 6.61 Å². The molecule has 0 aliphatic rings. The zero-order valence-corrected chi connectivity index (χ0v) is 7.51. The van der Waals surface area contributed by atoms with Crippen LogP contribution in [0.4, 0.5) is 0 Å². The van der Waals surface area contributed by atoms with E-state index < -0.39 is 0 Å². The van der Waals surface area contributed by atoms with Gasteiger partial charge < -0.3 is 10.6 Å². The van der Waals surface area contributed by atoms with Crippen LogP contribution in [0, 0.1) is 0 Å². The third-order valence-corrected chi connectivity index (χ3v) is 1.44. The first-order chi connectivity index (χ1) is 6.83. The average molecular weight is 193 g/mol. The summed E-state index contributed by atoms with van der Waals surface area (Å²) in [7, 11) is 0. The van der Waals surface area contributed by atoms with Gasteiger partial charge in [-0.25, -0.2) is 0 Å². The lowest BCUT2D eigenvalue weighted by Crippen LogP contribution is -2.30. The molecule has 5 nitrogen and oxygen atoms in total. The number of oxime groups is 1. The summed E-state index contributed by atoms with van der Waals surface area (Å²) < 4.78 is 0. The monoisotopic (exact) mass is 193 g/mol. The molecule has 1 aromatic carbocycles. The number of amides is 1. The Hall–Kier alpha value is -2.04. The number of carbonyl (C=O) groups is 1. The van der Waals surface area contributed by atoms with Gasteiger partial charge in [-0.2, -0.15) is 0 Å². The summed E-state index contributed by atoms with van der Waals surface area (Å²) in [4.78, 5) is 14.8. The van der Waals surface area contributed by atoms with Crippen molar-refractivity contribution in [1.29, 1.82) is 0 Å². The zero-order valence-electron chi connectivity index (χ0n) is 7.51. The third-order valence-electron chi connectivity index (χ3n) is 1.44. The Morgan fingerprint density at radius 3 is 2.86 bits per heavy atom. The summed E-state index contributed by atoms with van der Waals surface area (Å²) in [6.07, 6.45) is 0.435. The van der Waals surface area contributed by atoms with E-state index in [1.54, 1.807) is 0 Å². The quantitative estimate of drug-likeness (QED) is 0.310. The molecule has 0 heterocycles. The summed E-state index contributed by atoms with van der Waals surface area (Å²) in [6.45, 7) is 0.322. The molecule has 0 radical (unpaired) electrons. The van der Waals surface area contributed by atoms with Gasteiger partial charge >= 0.3 is 0 Å². The average Bonchev–Trinajstić information content (AvgIpc) is 2.20. The van der Waals surface area contributed by atoms with E-state index in [0.717, 1.165) is 5.56 Å². The largest absolute Gasteiger partial charge is 0.388 e. The standard InChI is InChI=1S/C9H11N3O2/c10-9(11-7-13)12-14-6-8-4-2-1-3-5-8/h1-5,7H,6H2,(H3,10,11,12,13). The van der Waals surface area contributed by atoms with Crippen molar-refractivity contribution in [3.05, 3.63) is 35.9 Å². The number of hydrogen-bond acceptors (Lipinski definition) is 3. The first kappa shape index (κ1) is 10.0. The van der Waals surface area contributed by atoms with Crippen LogP contribution < -0.4 is 11.1 Å². The van der Waals surface area contributed by atoms with Gasteiger partial charge in [0.1, 0.15) is 6.61 Å². The van der Waals surface area contributed by atoms with Crippen LogP contribution in [0.25, 0.3) is 0 Å². The number of benzene rings is 1. The molecule has 0 aliphatic carbocycles. The number of nitrogens with zero attached hydrogens (tertiary/aromatic N) is 1. The number of nitrogens with two attached hydrogens (primary N) is 1. The van der Waals surface area contributed by atoms with Crippen molar-refractivity contribution in [2.24, 2.45) is 10.9 Å². The van der Waals surface area contributed by atoms with E-state index in [2.05, 4.69) is 10.5 Å². The van der Waals surface area contributed by atoms with Crippen LogP contribution >= 0.6 is 0 Å². The highest BCUT2D eigenvalue weighted by Crippen LogP contribution is 1.99. The van der Waals surface area contributed by atoms with Crippen molar-refractivity contribution >= 4 is 12.4 Å². The second-order valence-corrected chi connectivity index (χ2v) is 2.50. The predicted molar refractivity (Wildman–Crippen MR) is 52.1 cm³/mol. The highest BCUT2D eigenvalue weighted by molar-refractivity contribution is 5.86. The number of guanidine groups is 1. The Morgan fingerprint density at radius 2 is 2.21 bits per heavy atom. The van der Waals surface area contributed by atoms with E-state index >= 15 is 0 Å². The van der Waals surface area contributed by atoms with Crippen molar-refractivity contribution < 1.29 is 9.63 Å². The molecule has 3 N–H and O–H groups in total. The molecule has 1 aromatic rings. The zero-order chi connectivity index (χ0) is 10.2. The minimum absolute atomic E-state index is 0.0593. The first-order valence-corrected chi connectivity index (χ1v) is 4.02. The van der Waals surface area contributed by atoms with Crippen molar-refractivity contribution in [1.82, 2.24) is 5.32 Å². The first-order valence-electron chi connectivity index (χ1n) is 4.02. The Bertz CT molecular complexity index is 311. The van der Waals surface area contributed by atoms with E-state index in [0.29, 0.717) is 13.0 Å². The molecule has 0 saturated carbocycles. The second kappa shape index (κ2) is 5.58. The molecule has 0 spiro atoms. The lowest BCUT2D eigenvalue weighted by molar-refractivity contribution is -0.108. The summed E-state index contributed by atoms with van der Waals surface area (Å²) in [5, 5.41) is 5.62. The topological polar surface area (TPSA) is 76.7 Å². The van der Waals surface area contributed by atoms with Crippen molar-refractivity contribution in [2.75, 3.05) is 0 Å². The summed E-state index contributed by atoms with van der Waals surface area (Å²) in [6, 6.07) is 9.51. The van der Waals surface area contributed by atoms with Crippen LogP contribution in [0.1, 0.15) is 5.56 Å². The van der Waals surface area contributed by atoms with E-state index in [4.69, 9.17) is 10.6 Å². The van der Waals surface area contributed by atoms with Crippen LogP contribution in [-0.2, 0) is 16.2 Å². The molecule has 0 bridgehead atoms. The Morgan fingerprint density at radius 1 is 1.50 bits per heavy atom. The Labute approximate surface area is 81.5 Å². The molecule has 0 saturated heterocycles. The van der Waals surface area contributed by atoms with Crippen molar-refractivity contribution in [3.8, 4) is 0 Å². The van der Waals surface area contributed by atoms with Gasteiger partial charge in [-0.1, -0.05) is 30.3 Å². The van der Waals surface area contributed by atoms with Crippen LogP contribution in [0.3, 0.4) is 0 Å². The molecular formula is C9H11N3O2. The molecule has 1 rings (SSSR count). The summed E-state index contributed by atoms with van der Waals surface area (Å²) in [5.74, 6) is -0.0593. The lowest BCUT2D eigenvalue weighted by atomic mass is 10.2. The number of rotatable bonds is 4. The Kier molecular flexibility index (Phi) is 4.00. The molecule has 14 heavy (non-hydrogen) atoms. The number of nitrogens with one attached hydrogen (secondary N) is 1. The van der Waals surface area contributed by atoms with E-state index in [9.17, 15) is 4.79 Å². The molecule has 0 unspecified atom stereocenters. The minimum Gasteiger partial charge on any atom is -0.388 e.